The van der Waals surface area contributed by atoms with Crippen LogP contribution in [0.4, 0.5) is 0 Å². The minimum absolute atomic E-state index is 0.154. The van der Waals surface area contributed by atoms with Gasteiger partial charge in [-0.15, -0.1) is 0 Å². The first kappa shape index (κ1) is 16.3. The van der Waals surface area contributed by atoms with Crippen molar-refractivity contribution in [3.8, 4) is 5.69 Å². The molecule has 0 aliphatic carbocycles. The van der Waals surface area contributed by atoms with Crippen LogP contribution in [0, 0.1) is 6.92 Å². The monoisotopic (exact) mass is 385 g/mol. The average molecular weight is 386 g/mol. The zero-order chi connectivity index (χ0) is 17.4. The molecule has 0 aliphatic heterocycles. The van der Waals surface area contributed by atoms with Crippen LogP contribution in [0.25, 0.3) is 16.0 Å². The Kier molecular flexibility index (Phi) is 4.33. The van der Waals surface area contributed by atoms with Crippen molar-refractivity contribution in [2.45, 2.75) is 16.2 Å². The summed E-state index contributed by atoms with van der Waals surface area (Å²) in [5, 5.41) is 0.520. The number of para-hydroxylation sites is 1. The third kappa shape index (κ3) is 3.08. The molecule has 0 amide bonds. The summed E-state index contributed by atoms with van der Waals surface area (Å²) in [6.07, 6.45) is 1.50. The van der Waals surface area contributed by atoms with Gasteiger partial charge in [0, 0.05) is 4.90 Å². The first-order chi connectivity index (χ1) is 12.1. The number of thiazole rings is 1. The lowest BCUT2D eigenvalue weighted by Crippen LogP contribution is -2.19. The summed E-state index contributed by atoms with van der Waals surface area (Å²) in [4.78, 5) is 22.8. The number of fused-ring (bicyclic) bond motifs is 1. The molecule has 0 saturated carbocycles. The zero-order valence-corrected chi connectivity index (χ0v) is 15.5. The average Bonchev–Trinajstić information content (AvgIpc) is 3.01. The second-order valence-electron chi connectivity index (χ2n) is 5.37. The molecule has 0 unspecified atom stereocenters. The van der Waals surface area contributed by atoms with Crippen molar-refractivity contribution in [1.29, 1.82) is 0 Å². The molecule has 4 rings (SSSR count). The maximum Gasteiger partial charge on any atom is 0.277 e. The Balaban J connectivity index is 1.82. The van der Waals surface area contributed by atoms with Crippen molar-refractivity contribution in [3.63, 3.8) is 0 Å². The fourth-order valence-corrected chi connectivity index (χ4v) is 4.84. The Labute approximate surface area is 157 Å². The maximum atomic E-state index is 12.9. The van der Waals surface area contributed by atoms with Gasteiger partial charge in [0.15, 0.2) is 9.99 Å². The zero-order valence-electron chi connectivity index (χ0n) is 13.1. The highest BCUT2D eigenvalue weighted by Crippen LogP contribution is 2.32. The van der Waals surface area contributed by atoms with Gasteiger partial charge in [0.1, 0.15) is 11.0 Å². The van der Waals surface area contributed by atoms with Crippen LogP contribution in [0.15, 0.2) is 68.9 Å². The Morgan fingerprint density at radius 2 is 1.92 bits per heavy atom. The van der Waals surface area contributed by atoms with E-state index in [9.17, 15) is 4.79 Å². The molecule has 2 aromatic carbocycles. The van der Waals surface area contributed by atoms with Gasteiger partial charge < -0.3 is 0 Å². The predicted molar refractivity (Wildman–Crippen MR) is 103 cm³/mol. The normalized spacial score (nSPS) is 11.1. The summed E-state index contributed by atoms with van der Waals surface area (Å²) in [6, 6.07) is 15.5. The molecular formula is C18H12ClN3OS2. The Morgan fingerprint density at radius 3 is 2.68 bits per heavy atom. The van der Waals surface area contributed by atoms with Gasteiger partial charge >= 0.3 is 0 Å². The lowest BCUT2D eigenvalue weighted by Gasteiger charge is -2.10. The van der Waals surface area contributed by atoms with Gasteiger partial charge in [-0.05, 0) is 30.7 Å². The fraction of sp³-hybridized carbons (Fsp3) is 0.0556. The van der Waals surface area contributed by atoms with Crippen LogP contribution in [0.3, 0.4) is 0 Å². The first-order valence-electron chi connectivity index (χ1n) is 7.50. The molecule has 2 aromatic heterocycles. The summed E-state index contributed by atoms with van der Waals surface area (Å²) in [5.41, 5.74) is 1.89. The highest BCUT2D eigenvalue weighted by molar-refractivity contribution is 8.01. The van der Waals surface area contributed by atoms with E-state index in [0.29, 0.717) is 21.1 Å². The lowest BCUT2D eigenvalue weighted by molar-refractivity contribution is 0.950. The Bertz CT molecular complexity index is 1100. The van der Waals surface area contributed by atoms with Crippen molar-refractivity contribution in [1.82, 2.24) is 14.5 Å². The third-order valence-corrected chi connectivity index (χ3v) is 6.08. The maximum absolute atomic E-state index is 12.9. The van der Waals surface area contributed by atoms with E-state index in [2.05, 4.69) is 9.97 Å². The van der Waals surface area contributed by atoms with Crippen LogP contribution in [0.5, 0.6) is 0 Å². The molecule has 4 nitrogen and oxygen atoms in total. The molecule has 25 heavy (non-hydrogen) atoms. The number of aryl methyl sites for hydroxylation is 1. The standard InChI is InChI=1S/C18H12ClN3OS2/c1-11-6-5-9-13(19)14(11)22-10-20-16-15(17(22)23)25-18(21-16)24-12-7-3-2-4-8-12/h2-10H,1H3. The summed E-state index contributed by atoms with van der Waals surface area (Å²) in [5.74, 6) is 0. The highest BCUT2D eigenvalue weighted by atomic mass is 35.5. The van der Waals surface area contributed by atoms with E-state index in [1.54, 1.807) is 6.07 Å². The van der Waals surface area contributed by atoms with Crippen LogP contribution >= 0.6 is 34.7 Å². The molecule has 0 aliphatic rings. The van der Waals surface area contributed by atoms with Crippen molar-refractivity contribution in [3.05, 3.63) is 75.8 Å². The van der Waals surface area contributed by atoms with Gasteiger partial charge in [-0.2, -0.15) is 0 Å². The van der Waals surface area contributed by atoms with E-state index >= 15 is 0 Å². The van der Waals surface area contributed by atoms with Gasteiger partial charge in [0.2, 0.25) is 0 Å². The molecule has 4 aromatic rings. The third-order valence-electron chi connectivity index (χ3n) is 3.68. The molecule has 0 spiro atoms. The van der Waals surface area contributed by atoms with Gasteiger partial charge in [0.05, 0.1) is 10.7 Å². The molecule has 0 fully saturated rings. The smallest absolute Gasteiger partial charge is 0.267 e. The predicted octanol–water partition coefficient (Wildman–Crippen LogP) is 4.96. The van der Waals surface area contributed by atoms with Crippen LogP contribution < -0.4 is 5.56 Å². The van der Waals surface area contributed by atoms with E-state index in [4.69, 9.17) is 11.6 Å². The van der Waals surface area contributed by atoms with Gasteiger partial charge in [-0.3, -0.25) is 9.36 Å². The summed E-state index contributed by atoms with van der Waals surface area (Å²) in [6.45, 7) is 1.92. The number of halogens is 1. The molecule has 124 valence electrons. The molecule has 0 N–H and O–H groups in total. The highest BCUT2D eigenvalue weighted by Gasteiger charge is 2.15. The van der Waals surface area contributed by atoms with E-state index in [1.165, 1.54) is 34.0 Å². The number of hydrogen-bond acceptors (Lipinski definition) is 5. The SMILES string of the molecule is Cc1cccc(Cl)c1-n1cnc2nc(Sc3ccccc3)sc2c1=O. The van der Waals surface area contributed by atoms with Crippen LogP contribution in [0.2, 0.25) is 5.02 Å². The van der Waals surface area contributed by atoms with Gasteiger partial charge in [-0.25, -0.2) is 9.97 Å². The van der Waals surface area contributed by atoms with Gasteiger partial charge in [0.25, 0.3) is 5.56 Å². The molecule has 7 heteroatoms. The van der Waals surface area contributed by atoms with E-state index < -0.39 is 0 Å². The van der Waals surface area contributed by atoms with Crippen molar-refractivity contribution in [2.24, 2.45) is 0 Å². The molecule has 0 radical (unpaired) electrons. The van der Waals surface area contributed by atoms with E-state index in [0.717, 1.165) is 14.8 Å². The fourth-order valence-electron chi connectivity index (χ4n) is 2.51. The second kappa shape index (κ2) is 6.63. The lowest BCUT2D eigenvalue weighted by atomic mass is 10.2. The van der Waals surface area contributed by atoms with E-state index in [-0.39, 0.29) is 5.56 Å². The molecule has 2 heterocycles. The summed E-state index contributed by atoms with van der Waals surface area (Å²) < 4.78 is 2.81. The van der Waals surface area contributed by atoms with Crippen LogP contribution in [-0.2, 0) is 0 Å². The number of nitrogens with zero attached hydrogens (tertiary/aromatic N) is 3. The van der Waals surface area contributed by atoms with E-state index in [1.807, 2.05) is 49.4 Å². The Morgan fingerprint density at radius 1 is 1.12 bits per heavy atom. The quantitative estimate of drug-likeness (QED) is 0.500. The van der Waals surface area contributed by atoms with Crippen LogP contribution in [0.1, 0.15) is 5.56 Å². The largest absolute Gasteiger partial charge is 0.277 e. The van der Waals surface area contributed by atoms with Crippen LogP contribution in [-0.4, -0.2) is 14.5 Å². The minimum atomic E-state index is -0.154. The Hall–Kier alpha value is -2.15. The number of rotatable bonds is 3. The molecular weight excluding hydrogens is 374 g/mol. The molecule has 0 saturated heterocycles. The number of benzene rings is 2. The van der Waals surface area contributed by atoms with Crippen molar-refractivity contribution >= 4 is 45.0 Å². The molecule has 0 atom stereocenters. The number of aromatic nitrogens is 3. The summed E-state index contributed by atoms with van der Waals surface area (Å²) >= 11 is 9.17. The first-order valence-corrected chi connectivity index (χ1v) is 9.51. The van der Waals surface area contributed by atoms with Gasteiger partial charge in [-0.1, -0.05) is 65.0 Å². The summed E-state index contributed by atoms with van der Waals surface area (Å²) in [7, 11) is 0. The number of hydrogen-bond donors (Lipinski definition) is 0. The minimum Gasteiger partial charge on any atom is -0.267 e. The van der Waals surface area contributed by atoms with Crippen molar-refractivity contribution < 1.29 is 0 Å². The second-order valence-corrected chi connectivity index (χ2v) is 8.10. The topological polar surface area (TPSA) is 47.8 Å². The molecule has 0 bridgehead atoms. The van der Waals surface area contributed by atoms with Crippen molar-refractivity contribution in [2.75, 3.05) is 0 Å².